The molecule has 0 saturated heterocycles. The zero-order valence-corrected chi connectivity index (χ0v) is 13.3. The zero-order valence-electron chi connectivity index (χ0n) is 12.5. The van der Waals surface area contributed by atoms with E-state index < -0.39 is 10.0 Å². The number of nitrogens with two attached hydrogens (primary N) is 1. The molecule has 0 atom stereocenters. The summed E-state index contributed by atoms with van der Waals surface area (Å²) in [5.74, 6) is 0.415. The molecule has 1 aromatic rings. The third-order valence-electron chi connectivity index (χ3n) is 3.50. The standard InChI is InChI=1S/C14H23N3O3S/c1-3-16-21(18,19)12-6-7-13(15)14(10-12)20-9-8-17(2)11-4-5-11/h6-7,10-11,16H,3-5,8-9,15H2,1-2H3. The van der Waals surface area contributed by atoms with Crippen molar-refractivity contribution < 1.29 is 13.2 Å². The number of nitrogens with zero attached hydrogens (tertiary/aromatic N) is 1. The summed E-state index contributed by atoms with van der Waals surface area (Å²) in [7, 11) is -1.42. The second-order valence-corrected chi connectivity index (χ2v) is 7.03. The molecule has 0 bridgehead atoms. The Hall–Kier alpha value is -1.31. The van der Waals surface area contributed by atoms with Crippen molar-refractivity contribution in [3.63, 3.8) is 0 Å². The Labute approximate surface area is 126 Å². The van der Waals surface area contributed by atoms with Crippen LogP contribution in [0.5, 0.6) is 5.75 Å². The SMILES string of the molecule is CCNS(=O)(=O)c1ccc(N)c(OCCN(C)C2CC2)c1. The minimum atomic E-state index is -3.49. The number of anilines is 1. The Morgan fingerprint density at radius 1 is 1.43 bits per heavy atom. The molecule has 0 heterocycles. The van der Waals surface area contributed by atoms with Crippen molar-refractivity contribution in [2.24, 2.45) is 0 Å². The minimum absolute atomic E-state index is 0.170. The molecular weight excluding hydrogens is 290 g/mol. The Bertz CT molecular complexity index is 585. The Morgan fingerprint density at radius 2 is 2.14 bits per heavy atom. The van der Waals surface area contributed by atoms with Crippen LogP contribution in [-0.2, 0) is 10.0 Å². The molecule has 7 heteroatoms. The van der Waals surface area contributed by atoms with Gasteiger partial charge in [0.05, 0.1) is 10.6 Å². The van der Waals surface area contributed by atoms with Crippen molar-refractivity contribution in [3.8, 4) is 5.75 Å². The first-order valence-corrected chi connectivity index (χ1v) is 8.64. The van der Waals surface area contributed by atoms with Gasteiger partial charge in [0, 0.05) is 25.2 Å². The quantitative estimate of drug-likeness (QED) is 0.701. The van der Waals surface area contributed by atoms with Crippen molar-refractivity contribution in [2.75, 3.05) is 32.5 Å². The molecule has 1 saturated carbocycles. The summed E-state index contributed by atoms with van der Waals surface area (Å²) < 4.78 is 32.0. The molecule has 1 aliphatic rings. The third kappa shape index (κ3) is 4.33. The third-order valence-corrected chi connectivity index (χ3v) is 5.04. The first-order chi connectivity index (χ1) is 9.94. The van der Waals surface area contributed by atoms with E-state index in [1.165, 1.54) is 25.0 Å². The van der Waals surface area contributed by atoms with E-state index in [1.807, 2.05) is 0 Å². The van der Waals surface area contributed by atoms with Crippen LogP contribution in [0.2, 0.25) is 0 Å². The fourth-order valence-electron chi connectivity index (χ4n) is 2.08. The number of nitrogen functional groups attached to an aromatic ring is 1. The van der Waals surface area contributed by atoms with Crippen molar-refractivity contribution in [1.29, 1.82) is 0 Å². The summed E-state index contributed by atoms with van der Waals surface area (Å²) in [6.07, 6.45) is 2.49. The van der Waals surface area contributed by atoms with Crippen LogP contribution in [0.15, 0.2) is 23.1 Å². The Balaban J connectivity index is 2.01. The average molecular weight is 313 g/mol. The van der Waals surface area contributed by atoms with Gasteiger partial charge in [0.1, 0.15) is 12.4 Å². The number of likely N-dealkylation sites (N-methyl/N-ethyl adjacent to an activating group) is 1. The van der Waals surface area contributed by atoms with E-state index in [2.05, 4.69) is 16.7 Å². The highest BCUT2D eigenvalue weighted by molar-refractivity contribution is 7.89. The predicted octanol–water partition coefficient (Wildman–Crippen LogP) is 1.04. The van der Waals surface area contributed by atoms with Gasteiger partial charge in [0.25, 0.3) is 0 Å². The number of ether oxygens (including phenoxy) is 1. The molecule has 6 nitrogen and oxygen atoms in total. The molecule has 0 aliphatic heterocycles. The monoisotopic (exact) mass is 313 g/mol. The van der Waals surface area contributed by atoms with E-state index in [0.717, 1.165) is 6.54 Å². The molecule has 0 aromatic heterocycles. The highest BCUT2D eigenvalue weighted by Gasteiger charge is 2.25. The normalized spacial score (nSPS) is 15.4. The lowest BCUT2D eigenvalue weighted by atomic mass is 10.3. The smallest absolute Gasteiger partial charge is 0.240 e. The van der Waals surface area contributed by atoms with Gasteiger partial charge in [-0.05, 0) is 32.0 Å². The maximum atomic E-state index is 12.0. The second-order valence-electron chi connectivity index (χ2n) is 5.26. The lowest BCUT2D eigenvalue weighted by molar-refractivity contribution is 0.232. The molecule has 0 amide bonds. The fraction of sp³-hybridized carbons (Fsp3) is 0.571. The summed E-state index contributed by atoms with van der Waals surface area (Å²) in [4.78, 5) is 2.42. The predicted molar refractivity (Wildman–Crippen MR) is 82.9 cm³/mol. The van der Waals surface area contributed by atoms with Crippen molar-refractivity contribution >= 4 is 15.7 Å². The zero-order chi connectivity index (χ0) is 15.5. The average Bonchev–Trinajstić information content (AvgIpc) is 3.24. The van der Waals surface area contributed by atoms with Crippen molar-refractivity contribution in [1.82, 2.24) is 9.62 Å². The Morgan fingerprint density at radius 3 is 2.76 bits per heavy atom. The Kier molecular flexibility index (Phi) is 5.08. The molecule has 2 rings (SSSR count). The molecule has 0 unspecified atom stereocenters. The number of hydrogen-bond acceptors (Lipinski definition) is 5. The number of sulfonamides is 1. The highest BCUT2D eigenvalue weighted by Crippen LogP contribution is 2.27. The van der Waals surface area contributed by atoms with Crippen LogP contribution in [0.3, 0.4) is 0 Å². The highest BCUT2D eigenvalue weighted by atomic mass is 32.2. The van der Waals surface area contributed by atoms with Gasteiger partial charge >= 0.3 is 0 Å². The largest absolute Gasteiger partial charge is 0.490 e. The van der Waals surface area contributed by atoms with E-state index in [1.54, 1.807) is 13.0 Å². The van der Waals surface area contributed by atoms with Crippen molar-refractivity contribution in [2.45, 2.75) is 30.7 Å². The minimum Gasteiger partial charge on any atom is -0.490 e. The van der Waals surface area contributed by atoms with E-state index in [-0.39, 0.29) is 4.90 Å². The van der Waals surface area contributed by atoms with Crippen LogP contribution in [0.25, 0.3) is 0 Å². The fourth-order valence-corrected chi connectivity index (χ4v) is 3.13. The van der Waals surface area contributed by atoms with Crippen LogP contribution in [0.1, 0.15) is 19.8 Å². The summed E-state index contributed by atoms with van der Waals surface area (Å²) in [5.41, 5.74) is 6.29. The van der Waals surface area contributed by atoms with Gasteiger partial charge in [-0.2, -0.15) is 0 Å². The number of benzene rings is 1. The molecule has 1 aromatic carbocycles. The molecule has 118 valence electrons. The number of hydrogen-bond donors (Lipinski definition) is 2. The molecule has 3 N–H and O–H groups in total. The van der Waals surface area contributed by atoms with Crippen molar-refractivity contribution in [3.05, 3.63) is 18.2 Å². The second kappa shape index (κ2) is 6.64. The van der Waals surface area contributed by atoms with E-state index >= 15 is 0 Å². The molecule has 1 fully saturated rings. The lowest BCUT2D eigenvalue weighted by Crippen LogP contribution is -2.26. The lowest BCUT2D eigenvalue weighted by Gasteiger charge is -2.17. The number of rotatable bonds is 8. The van der Waals surface area contributed by atoms with Crippen LogP contribution in [0.4, 0.5) is 5.69 Å². The van der Waals surface area contributed by atoms with E-state index in [0.29, 0.717) is 30.6 Å². The summed E-state index contributed by atoms with van der Waals surface area (Å²) >= 11 is 0. The first kappa shape index (κ1) is 16.1. The molecule has 0 radical (unpaired) electrons. The van der Waals surface area contributed by atoms with E-state index in [9.17, 15) is 8.42 Å². The van der Waals surface area contributed by atoms with Gasteiger partial charge < -0.3 is 15.4 Å². The van der Waals surface area contributed by atoms with Gasteiger partial charge in [0.2, 0.25) is 10.0 Å². The molecule has 21 heavy (non-hydrogen) atoms. The van der Waals surface area contributed by atoms with Crippen LogP contribution >= 0.6 is 0 Å². The topological polar surface area (TPSA) is 84.7 Å². The van der Waals surface area contributed by atoms with Gasteiger partial charge in [-0.3, -0.25) is 0 Å². The van der Waals surface area contributed by atoms with Crippen LogP contribution in [0, 0.1) is 0 Å². The van der Waals surface area contributed by atoms with Gasteiger partial charge in [-0.1, -0.05) is 6.92 Å². The molecule has 0 spiro atoms. The number of nitrogens with one attached hydrogen (secondary N) is 1. The summed E-state index contributed by atoms with van der Waals surface area (Å²) in [5, 5.41) is 0. The van der Waals surface area contributed by atoms with Gasteiger partial charge in [0.15, 0.2) is 0 Å². The van der Waals surface area contributed by atoms with Crippen LogP contribution in [-0.4, -0.2) is 46.1 Å². The summed E-state index contributed by atoms with van der Waals surface area (Å²) in [6, 6.07) is 5.19. The first-order valence-electron chi connectivity index (χ1n) is 7.16. The van der Waals surface area contributed by atoms with Gasteiger partial charge in [-0.15, -0.1) is 0 Å². The van der Waals surface area contributed by atoms with E-state index in [4.69, 9.17) is 10.5 Å². The van der Waals surface area contributed by atoms with Crippen LogP contribution < -0.4 is 15.2 Å². The summed E-state index contributed by atoms with van der Waals surface area (Å²) in [6.45, 7) is 3.37. The molecule has 1 aliphatic carbocycles. The molecular formula is C14H23N3O3S. The van der Waals surface area contributed by atoms with Gasteiger partial charge in [-0.25, -0.2) is 13.1 Å². The maximum absolute atomic E-state index is 12.0. The maximum Gasteiger partial charge on any atom is 0.240 e.